The first kappa shape index (κ1) is 9.36. The van der Waals surface area contributed by atoms with E-state index in [1.54, 1.807) is 0 Å². The maximum Gasteiger partial charge on any atom is 0.184 e. The van der Waals surface area contributed by atoms with Crippen LogP contribution in [-0.2, 0) is 14.2 Å². The molecular weight excluding hydrogens is 176 g/mol. The van der Waals surface area contributed by atoms with Crippen LogP contribution in [0.25, 0.3) is 0 Å². The lowest BCUT2D eigenvalue weighted by Gasteiger charge is -2.16. The van der Waals surface area contributed by atoms with Crippen molar-refractivity contribution in [2.75, 3.05) is 19.8 Å². The molecule has 2 heterocycles. The number of rotatable bonds is 2. The second kappa shape index (κ2) is 3.89. The quantitative estimate of drug-likeness (QED) is 0.576. The van der Waals surface area contributed by atoms with E-state index < -0.39 is 12.2 Å². The van der Waals surface area contributed by atoms with E-state index in [9.17, 15) is 5.11 Å². The highest BCUT2D eigenvalue weighted by atomic mass is 16.7. The lowest BCUT2D eigenvalue weighted by Crippen LogP contribution is -2.28. The van der Waals surface area contributed by atoms with Crippen molar-refractivity contribution < 1.29 is 24.4 Å². The molecule has 0 aliphatic carbocycles. The minimum Gasteiger partial charge on any atom is -0.394 e. The highest BCUT2D eigenvalue weighted by Gasteiger charge is 2.40. The van der Waals surface area contributed by atoms with Crippen molar-refractivity contribution in [3.8, 4) is 0 Å². The number of ether oxygens (including phenoxy) is 3. The first-order valence-electron chi connectivity index (χ1n) is 4.49. The molecule has 2 aliphatic rings. The molecule has 0 unspecified atom stereocenters. The van der Waals surface area contributed by atoms with Crippen LogP contribution < -0.4 is 0 Å². The van der Waals surface area contributed by atoms with Crippen LogP contribution in [0.3, 0.4) is 0 Å². The average molecular weight is 190 g/mol. The second-order valence-corrected chi connectivity index (χ2v) is 3.31. The SMILES string of the molecule is OC[C@@H]1O[C@@H](C2OCCO2)C[C@@H]1O. The molecule has 0 bridgehead atoms. The van der Waals surface area contributed by atoms with Crippen molar-refractivity contribution in [2.24, 2.45) is 0 Å². The third-order valence-corrected chi connectivity index (χ3v) is 2.38. The first-order chi connectivity index (χ1) is 6.31. The summed E-state index contributed by atoms with van der Waals surface area (Å²) in [5, 5.41) is 18.3. The largest absolute Gasteiger partial charge is 0.394 e. The summed E-state index contributed by atoms with van der Waals surface area (Å²) >= 11 is 0. The highest BCUT2D eigenvalue weighted by Crippen LogP contribution is 2.26. The van der Waals surface area contributed by atoms with Gasteiger partial charge in [-0.05, 0) is 0 Å². The highest BCUT2D eigenvalue weighted by molar-refractivity contribution is 4.84. The van der Waals surface area contributed by atoms with Crippen molar-refractivity contribution in [3.05, 3.63) is 0 Å². The van der Waals surface area contributed by atoms with Gasteiger partial charge >= 0.3 is 0 Å². The summed E-state index contributed by atoms with van der Waals surface area (Å²) in [5.74, 6) is 0. The van der Waals surface area contributed by atoms with Gasteiger partial charge in [-0.2, -0.15) is 0 Å². The van der Waals surface area contributed by atoms with Gasteiger partial charge in [0.2, 0.25) is 0 Å². The van der Waals surface area contributed by atoms with E-state index in [0.29, 0.717) is 19.6 Å². The molecule has 76 valence electrons. The average Bonchev–Trinajstić information content (AvgIpc) is 2.71. The standard InChI is InChI=1S/C8H14O5/c9-4-7-5(10)3-6(13-7)8-11-1-2-12-8/h5-10H,1-4H2/t5-,6+,7-/m0/s1. The van der Waals surface area contributed by atoms with Gasteiger partial charge < -0.3 is 24.4 Å². The monoisotopic (exact) mass is 190 g/mol. The molecule has 3 atom stereocenters. The van der Waals surface area contributed by atoms with E-state index in [-0.39, 0.29) is 19.0 Å². The Labute approximate surface area is 76.2 Å². The van der Waals surface area contributed by atoms with Crippen LogP contribution >= 0.6 is 0 Å². The number of aliphatic hydroxyl groups excluding tert-OH is 2. The molecule has 2 saturated heterocycles. The maximum absolute atomic E-state index is 9.42. The van der Waals surface area contributed by atoms with Gasteiger partial charge in [-0.15, -0.1) is 0 Å². The Balaban J connectivity index is 1.88. The Morgan fingerprint density at radius 2 is 1.92 bits per heavy atom. The third-order valence-electron chi connectivity index (χ3n) is 2.38. The fourth-order valence-electron chi connectivity index (χ4n) is 1.69. The van der Waals surface area contributed by atoms with Gasteiger partial charge in [-0.3, -0.25) is 0 Å². The maximum atomic E-state index is 9.42. The lowest BCUT2D eigenvalue weighted by molar-refractivity contribution is -0.143. The predicted octanol–water partition coefficient (Wildman–Crippen LogP) is -1.13. The van der Waals surface area contributed by atoms with Crippen LogP contribution in [-0.4, -0.2) is 54.6 Å². The van der Waals surface area contributed by atoms with E-state index in [0.717, 1.165) is 0 Å². The lowest BCUT2D eigenvalue weighted by atomic mass is 10.1. The molecule has 0 amide bonds. The summed E-state index contributed by atoms with van der Waals surface area (Å²) < 4.78 is 15.8. The Bertz CT molecular complexity index is 168. The summed E-state index contributed by atoms with van der Waals surface area (Å²) in [4.78, 5) is 0. The van der Waals surface area contributed by atoms with Crippen molar-refractivity contribution in [1.82, 2.24) is 0 Å². The summed E-state index contributed by atoms with van der Waals surface area (Å²) in [7, 11) is 0. The molecule has 2 aliphatic heterocycles. The van der Waals surface area contributed by atoms with Gasteiger partial charge in [0.15, 0.2) is 6.29 Å². The molecular formula is C8H14O5. The molecule has 0 saturated carbocycles. The van der Waals surface area contributed by atoms with Crippen molar-refractivity contribution in [3.63, 3.8) is 0 Å². The fraction of sp³-hybridized carbons (Fsp3) is 1.00. The van der Waals surface area contributed by atoms with Crippen molar-refractivity contribution >= 4 is 0 Å². The fourth-order valence-corrected chi connectivity index (χ4v) is 1.69. The number of hydrogen-bond acceptors (Lipinski definition) is 5. The van der Waals surface area contributed by atoms with E-state index in [1.165, 1.54) is 0 Å². The van der Waals surface area contributed by atoms with Gasteiger partial charge in [0.25, 0.3) is 0 Å². The van der Waals surface area contributed by atoms with Crippen LogP contribution in [0.4, 0.5) is 0 Å². The Hall–Kier alpha value is -0.200. The molecule has 0 aromatic rings. The molecule has 0 radical (unpaired) electrons. The zero-order valence-electron chi connectivity index (χ0n) is 7.26. The Morgan fingerprint density at radius 3 is 2.46 bits per heavy atom. The Morgan fingerprint density at radius 1 is 1.23 bits per heavy atom. The van der Waals surface area contributed by atoms with E-state index in [1.807, 2.05) is 0 Å². The molecule has 13 heavy (non-hydrogen) atoms. The van der Waals surface area contributed by atoms with Crippen LogP contribution in [0.1, 0.15) is 6.42 Å². The van der Waals surface area contributed by atoms with Gasteiger partial charge in [0.1, 0.15) is 12.2 Å². The summed E-state index contributed by atoms with van der Waals surface area (Å²) in [6.07, 6.45) is -1.24. The second-order valence-electron chi connectivity index (χ2n) is 3.31. The predicted molar refractivity (Wildman–Crippen MR) is 42.1 cm³/mol. The molecule has 0 spiro atoms. The molecule has 0 aromatic carbocycles. The summed E-state index contributed by atoms with van der Waals surface area (Å²) in [6, 6.07) is 0. The smallest absolute Gasteiger partial charge is 0.184 e. The van der Waals surface area contributed by atoms with Crippen LogP contribution in [0.5, 0.6) is 0 Å². The zero-order chi connectivity index (χ0) is 9.26. The summed E-state index contributed by atoms with van der Waals surface area (Å²) in [5.41, 5.74) is 0. The summed E-state index contributed by atoms with van der Waals surface area (Å²) in [6.45, 7) is 0.985. The zero-order valence-corrected chi connectivity index (χ0v) is 7.26. The number of aliphatic hydroxyl groups is 2. The molecule has 0 aromatic heterocycles. The van der Waals surface area contributed by atoms with E-state index >= 15 is 0 Å². The molecule has 2 rings (SSSR count). The van der Waals surface area contributed by atoms with Gasteiger partial charge in [-0.1, -0.05) is 0 Å². The molecule has 5 heteroatoms. The minimum absolute atomic E-state index is 0.162. The van der Waals surface area contributed by atoms with Gasteiger partial charge in [-0.25, -0.2) is 0 Å². The van der Waals surface area contributed by atoms with Crippen LogP contribution in [0, 0.1) is 0 Å². The molecule has 5 nitrogen and oxygen atoms in total. The Kier molecular flexibility index (Phi) is 2.80. The van der Waals surface area contributed by atoms with E-state index in [2.05, 4.69) is 0 Å². The van der Waals surface area contributed by atoms with E-state index in [4.69, 9.17) is 19.3 Å². The minimum atomic E-state index is -0.609. The number of hydrogen-bond donors (Lipinski definition) is 2. The van der Waals surface area contributed by atoms with Crippen molar-refractivity contribution in [1.29, 1.82) is 0 Å². The first-order valence-corrected chi connectivity index (χ1v) is 4.49. The van der Waals surface area contributed by atoms with Gasteiger partial charge in [0, 0.05) is 6.42 Å². The topological polar surface area (TPSA) is 68.2 Å². The molecule has 2 N–H and O–H groups in total. The third kappa shape index (κ3) is 1.84. The molecule has 2 fully saturated rings. The van der Waals surface area contributed by atoms with Crippen LogP contribution in [0.15, 0.2) is 0 Å². The van der Waals surface area contributed by atoms with Gasteiger partial charge in [0.05, 0.1) is 25.9 Å². The van der Waals surface area contributed by atoms with Crippen LogP contribution in [0.2, 0.25) is 0 Å². The normalized spacial score (nSPS) is 41.5. The van der Waals surface area contributed by atoms with Crippen molar-refractivity contribution in [2.45, 2.75) is 31.0 Å².